The third kappa shape index (κ3) is 3.36. The lowest BCUT2D eigenvalue weighted by molar-refractivity contribution is -0.113. The first-order chi connectivity index (χ1) is 16.9. The Kier molecular flexibility index (Phi) is 5.14. The van der Waals surface area contributed by atoms with Gasteiger partial charge in [0.2, 0.25) is 0 Å². The van der Waals surface area contributed by atoms with Gasteiger partial charge in [0, 0.05) is 22.7 Å². The Hall–Kier alpha value is -3.33. The van der Waals surface area contributed by atoms with Crippen molar-refractivity contribution >= 4 is 27.5 Å². The molecule has 0 unspecified atom stereocenters. The topological polar surface area (TPSA) is 38.3 Å². The lowest BCUT2D eigenvalue weighted by Crippen LogP contribution is -2.60. The number of ether oxygens (including phenoxy) is 1. The number of carbonyl (C=O) groups excluding carboxylic acids is 1. The molecule has 3 heteroatoms. The number of carbonyl (C=O) groups is 1. The zero-order chi connectivity index (χ0) is 24.3. The van der Waals surface area contributed by atoms with Crippen molar-refractivity contribution in [2.24, 2.45) is 23.2 Å². The summed E-state index contributed by atoms with van der Waals surface area (Å²) in [4.78, 5) is 14.0. The maximum absolute atomic E-state index is 14.0. The van der Waals surface area contributed by atoms with E-state index in [0.717, 1.165) is 44.8 Å². The summed E-state index contributed by atoms with van der Waals surface area (Å²) in [7, 11) is 1.70. The van der Waals surface area contributed by atoms with Crippen molar-refractivity contribution in [1.29, 1.82) is 0 Å². The number of rotatable bonds is 4. The van der Waals surface area contributed by atoms with E-state index in [2.05, 4.69) is 62.5 Å². The molecule has 1 N–H and O–H groups in total. The van der Waals surface area contributed by atoms with Gasteiger partial charge < -0.3 is 10.1 Å². The number of hydrogen-bond donors (Lipinski definition) is 1. The number of methoxy groups -OCH3 is 1. The SMILES string of the molecule is COc1ccc2ccccc2c1-c1c(C(=O)N[C@H]2C[C@@H]3C[C@@H]([C@@H]2C)C3(C)C)ccc2ccccc12. The first-order valence-electron chi connectivity index (χ1n) is 12.8. The molecule has 178 valence electrons. The van der Waals surface area contributed by atoms with Gasteiger partial charge in [0.05, 0.1) is 7.11 Å². The molecule has 3 saturated carbocycles. The summed E-state index contributed by atoms with van der Waals surface area (Å²) in [6, 6.07) is 25.0. The smallest absolute Gasteiger partial charge is 0.252 e. The van der Waals surface area contributed by atoms with Gasteiger partial charge in [0.1, 0.15) is 5.75 Å². The molecule has 7 rings (SSSR count). The molecular formula is C32H33NO2. The van der Waals surface area contributed by atoms with Crippen LogP contribution < -0.4 is 10.1 Å². The molecule has 0 saturated heterocycles. The highest BCUT2D eigenvalue weighted by Crippen LogP contribution is 2.61. The fourth-order valence-electron chi connectivity index (χ4n) is 7.00. The number of benzene rings is 4. The van der Waals surface area contributed by atoms with E-state index in [-0.39, 0.29) is 11.9 Å². The molecule has 0 spiro atoms. The van der Waals surface area contributed by atoms with Gasteiger partial charge in [-0.3, -0.25) is 4.79 Å². The average molecular weight is 464 g/mol. The number of fused-ring (bicyclic) bond motifs is 4. The Labute approximate surface area is 207 Å². The Bertz CT molecular complexity index is 1450. The van der Waals surface area contributed by atoms with Crippen LogP contribution >= 0.6 is 0 Å². The Morgan fingerprint density at radius 2 is 1.49 bits per heavy atom. The lowest BCUT2D eigenvalue weighted by Gasteiger charge is -2.62. The molecule has 0 aliphatic heterocycles. The maximum atomic E-state index is 14.0. The fraction of sp³-hybridized carbons (Fsp3) is 0.344. The second-order valence-electron chi connectivity index (χ2n) is 11.1. The van der Waals surface area contributed by atoms with Gasteiger partial charge in [0.15, 0.2) is 0 Å². The molecular weight excluding hydrogens is 430 g/mol. The van der Waals surface area contributed by atoms with Crippen molar-refractivity contribution < 1.29 is 9.53 Å². The van der Waals surface area contributed by atoms with Gasteiger partial charge in [0.25, 0.3) is 5.91 Å². The van der Waals surface area contributed by atoms with Crippen molar-refractivity contribution in [3.05, 3.63) is 78.4 Å². The van der Waals surface area contributed by atoms with E-state index in [1.807, 2.05) is 36.4 Å². The number of nitrogens with one attached hydrogen (secondary N) is 1. The van der Waals surface area contributed by atoms with Crippen LogP contribution in [0.1, 0.15) is 44.0 Å². The van der Waals surface area contributed by atoms with Gasteiger partial charge in [-0.05, 0) is 69.7 Å². The Balaban J connectivity index is 1.50. The molecule has 3 nitrogen and oxygen atoms in total. The quantitative estimate of drug-likeness (QED) is 0.341. The minimum absolute atomic E-state index is 0.0108. The van der Waals surface area contributed by atoms with Gasteiger partial charge in [-0.2, -0.15) is 0 Å². The third-order valence-corrected chi connectivity index (χ3v) is 9.20. The third-order valence-electron chi connectivity index (χ3n) is 9.20. The minimum atomic E-state index is 0.0108. The summed E-state index contributed by atoms with van der Waals surface area (Å²) < 4.78 is 5.87. The lowest BCUT2D eigenvalue weighted by atomic mass is 9.45. The molecule has 35 heavy (non-hydrogen) atoms. The van der Waals surface area contributed by atoms with E-state index in [9.17, 15) is 4.79 Å². The van der Waals surface area contributed by atoms with Crippen LogP contribution in [0.3, 0.4) is 0 Å². The van der Waals surface area contributed by atoms with Crippen LogP contribution in [0.15, 0.2) is 72.8 Å². The minimum Gasteiger partial charge on any atom is -0.496 e. The molecule has 0 aromatic heterocycles. The summed E-state index contributed by atoms with van der Waals surface area (Å²) in [6.07, 6.45) is 2.37. The summed E-state index contributed by atoms with van der Waals surface area (Å²) in [5.41, 5.74) is 3.03. The zero-order valence-electron chi connectivity index (χ0n) is 21.0. The first-order valence-corrected chi connectivity index (χ1v) is 12.8. The molecule has 3 fully saturated rings. The predicted molar refractivity (Wildman–Crippen MR) is 144 cm³/mol. The fourth-order valence-corrected chi connectivity index (χ4v) is 7.00. The Morgan fingerprint density at radius 1 is 0.857 bits per heavy atom. The summed E-state index contributed by atoms with van der Waals surface area (Å²) >= 11 is 0. The van der Waals surface area contributed by atoms with Crippen molar-refractivity contribution in [2.45, 2.75) is 39.7 Å². The van der Waals surface area contributed by atoms with Crippen LogP contribution in [0.25, 0.3) is 32.7 Å². The molecule has 4 aromatic rings. The van der Waals surface area contributed by atoms with Gasteiger partial charge in [-0.15, -0.1) is 0 Å². The van der Waals surface area contributed by atoms with Crippen LogP contribution in [0.4, 0.5) is 0 Å². The van der Waals surface area contributed by atoms with Crippen LogP contribution in [-0.2, 0) is 0 Å². The highest BCUT2D eigenvalue weighted by molar-refractivity contribution is 6.15. The summed E-state index contributed by atoms with van der Waals surface area (Å²) in [5, 5.41) is 7.86. The van der Waals surface area contributed by atoms with E-state index >= 15 is 0 Å². The van der Waals surface area contributed by atoms with E-state index in [1.54, 1.807) is 7.11 Å². The van der Waals surface area contributed by atoms with E-state index in [0.29, 0.717) is 28.7 Å². The molecule has 2 bridgehead atoms. The monoisotopic (exact) mass is 463 g/mol. The molecule has 0 heterocycles. The number of amides is 1. The van der Waals surface area contributed by atoms with Gasteiger partial charge in [-0.1, -0.05) is 81.4 Å². The second kappa shape index (κ2) is 8.12. The molecule has 4 aromatic carbocycles. The highest BCUT2D eigenvalue weighted by Gasteiger charge is 2.56. The summed E-state index contributed by atoms with van der Waals surface area (Å²) in [5.74, 6) is 2.65. The molecule has 3 aliphatic rings. The molecule has 4 atom stereocenters. The molecule has 0 radical (unpaired) electrons. The van der Waals surface area contributed by atoms with E-state index in [1.165, 1.54) is 6.42 Å². The van der Waals surface area contributed by atoms with Crippen LogP contribution in [-0.4, -0.2) is 19.1 Å². The zero-order valence-corrected chi connectivity index (χ0v) is 21.0. The molecule has 1 amide bonds. The van der Waals surface area contributed by atoms with Crippen molar-refractivity contribution in [2.75, 3.05) is 7.11 Å². The van der Waals surface area contributed by atoms with Crippen LogP contribution in [0.2, 0.25) is 0 Å². The van der Waals surface area contributed by atoms with Crippen molar-refractivity contribution in [3.8, 4) is 16.9 Å². The van der Waals surface area contributed by atoms with Crippen LogP contribution in [0, 0.1) is 23.2 Å². The molecule has 3 aliphatic carbocycles. The van der Waals surface area contributed by atoms with Gasteiger partial charge >= 0.3 is 0 Å². The predicted octanol–water partition coefficient (Wildman–Crippen LogP) is 7.47. The summed E-state index contributed by atoms with van der Waals surface area (Å²) in [6.45, 7) is 7.12. The first kappa shape index (κ1) is 22.2. The van der Waals surface area contributed by atoms with E-state index < -0.39 is 0 Å². The normalized spacial score (nSPS) is 24.7. The second-order valence-corrected chi connectivity index (χ2v) is 11.1. The highest BCUT2D eigenvalue weighted by atomic mass is 16.5. The standard InChI is InChI=1S/C32H33NO2/c1-19-26-17-22(32(26,2)3)18-27(19)33-31(34)25-15-13-20-9-5-7-11-23(20)29(25)30-24-12-8-6-10-21(24)14-16-28(30)35-4/h5-16,19,22,26-27H,17-18H2,1-4H3,(H,33,34)/t19-,22-,26-,27-/m0/s1. The van der Waals surface area contributed by atoms with E-state index in [4.69, 9.17) is 4.74 Å². The average Bonchev–Trinajstić information content (AvgIpc) is 2.88. The largest absolute Gasteiger partial charge is 0.496 e. The van der Waals surface area contributed by atoms with Crippen molar-refractivity contribution in [3.63, 3.8) is 0 Å². The number of hydrogen-bond acceptors (Lipinski definition) is 2. The van der Waals surface area contributed by atoms with Gasteiger partial charge in [-0.25, -0.2) is 0 Å². The van der Waals surface area contributed by atoms with Crippen LogP contribution in [0.5, 0.6) is 5.75 Å². The maximum Gasteiger partial charge on any atom is 0.252 e. The van der Waals surface area contributed by atoms with Crippen molar-refractivity contribution in [1.82, 2.24) is 5.32 Å². The Morgan fingerprint density at radius 3 is 2.11 bits per heavy atom.